The Morgan fingerprint density at radius 2 is 2.11 bits per heavy atom. The molecule has 1 N–H and O–H groups in total. The molecule has 0 atom stereocenters. The second kappa shape index (κ2) is 4.81. The van der Waals surface area contributed by atoms with Crippen LogP contribution in [-0.2, 0) is 0 Å². The molecule has 1 aromatic carbocycles. The second-order valence-electron chi connectivity index (χ2n) is 3.79. The maximum absolute atomic E-state index is 4.56. The van der Waals surface area contributed by atoms with Gasteiger partial charge in [-0.3, -0.25) is 0 Å². The molecule has 0 spiro atoms. The van der Waals surface area contributed by atoms with Crippen molar-refractivity contribution in [1.29, 1.82) is 0 Å². The second-order valence-corrected chi connectivity index (χ2v) is 5.86. The number of halogens is 1. The smallest absolute Gasteiger partial charge is 0.163 e. The Morgan fingerprint density at radius 1 is 1.28 bits per heavy atom. The van der Waals surface area contributed by atoms with Crippen molar-refractivity contribution >= 4 is 49.8 Å². The average Bonchev–Trinajstić information content (AvgIpc) is 2.83. The van der Waals surface area contributed by atoms with E-state index in [0.29, 0.717) is 0 Å². The number of fused-ring (bicyclic) bond motifs is 1. The molecule has 0 saturated carbocycles. The number of nitrogens with one attached hydrogen (secondary N) is 1. The summed E-state index contributed by atoms with van der Waals surface area (Å²) < 4.78 is 2.29. The molecule has 2 aromatic heterocycles. The highest BCUT2D eigenvalue weighted by atomic mass is 127. The summed E-state index contributed by atoms with van der Waals surface area (Å²) in [5.74, 6) is 1.65. The zero-order valence-corrected chi connectivity index (χ0v) is 12.6. The van der Waals surface area contributed by atoms with E-state index in [2.05, 4.69) is 61.5 Å². The van der Waals surface area contributed by atoms with Crippen molar-refractivity contribution in [1.82, 2.24) is 9.97 Å². The van der Waals surface area contributed by atoms with Crippen LogP contribution in [0.4, 0.5) is 5.82 Å². The molecule has 0 fully saturated rings. The molecule has 0 aliphatic rings. The first-order valence-electron chi connectivity index (χ1n) is 5.46. The summed E-state index contributed by atoms with van der Waals surface area (Å²) in [4.78, 5) is 8.99. The Hall–Kier alpha value is -1.21. The highest BCUT2D eigenvalue weighted by Gasteiger charge is 2.10. The maximum Gasteiger partial charge on any atom is 0.163 e. The van der Waals surface area contributed by atoms with Gasteiger partial charge in [-0.2, -0.15) is 0 Å². The monoisotopic (exact) mass is 367 g/mol. The van der Waals surface area contributed by atoms with E-state index >= 15 is 0 Å². The average molecular weight is 367 g/mol. The highest BCUT2D eigenvalue weighted by molar-refractivity contribution is 14.1. The molecule has 0 saturated heterocycles. The number of anilines is 1. The quantitative estimate of drug-likeness (QED) is 0.696. The molecule has 0 aliphatic carbocycles. The third kappa shape index (κ3) is 1.97. The zero-order valence-electron chi connectivity index (χ0n) is 9.64. The minimum Gasteiger partial charge on any atom is -0.372 e. The summed E-state index contributed by atoms with van der Waals surface area (Å²) >= 11 is 3.95. The molecule has 2 heterocycles. The third-order valence-corrected chi connectivity index (χ3v) is 4.46. The van der Waals surface area contributed by atoms with Gasteiger partial charge in [-0.05, 0) is 28.7 Å². The topological polar surface area (TPSA) is 37.8 Å². The van der Waals surface area contributed by atoms with Crippen LogP contribution in [0.1, 0.15) is 0 Å². The first kappa shape index (κ1) is 11.9. The van der Waals surface area contributed by atoms with Gasteiger partial charge in [-0.25, -0.2) is 9.97 Å². The van der Waals surface area contributed by atoms with Gasteiger partial charge in [0.2, 0.25) is 0 Å². The van der Waals surface area contributed by atoms with E-state index in [1.165, 1.54) is 10.1 Å². The first-order chi connectivity index (χ1) is 8.79. The molecule has 0 unspecified atom stereocenters. The highest BCUT2D eigenvalue weighted by Crippen LogP contribution is 2.32. The van der Waals surface area contributed by atoms with Crippen LogP contribution in [0.25, 0.3) is 21.5 Å². The normalized spacial score (nSPS) is 10.8. The number of thiophene rings is 1. The van der Waals surface area contributed by atoms with Gasteiger partial charge in [0.05, 0.1) is 3.57 Å². The zero-order chi connectivity index (χ0) is 12.5. The molecule has 90 valence electrons. The molecule has 18 heavy (non-hydrogen) atoms. The Labute approximate surface area is 122 Å². The van der Waals surface area contributed by atoms with Gasteiger partial charge >= 0.3 is 0 Å². The molecule has 0 amide bonds. The van der Waals surface area contributed by atoms with Crippen LogP contribution in [0.15, 0.2) is 35.8 Å². The summed E-state index contributed by atoms with van der Waals surface area (Å²) in [5.41, 5.74) is 1.10. The number of rotatable bonds is 2. The van der Waals surface area contributed by atoms with Gasteiger partial charge in [0, 0.05) is 34.3 Å². The van der Waals surface area contributed by atoms with Crippen molar-refractivity contribution in [2.24, 2.45) is 0 Å². The molecule has 0 bridgehead atoms. The SMILES string of the molecule is CNc1nc(-c2csc3ccccc23)ncc1I. The van der Waals surface area contributed by atoms with Gasteiger partial charge in [0.15, 0.2) is 5.82 Å². The van der Waals surface area contributed by atoms with Crippen LogP contribution >= 0.6 is 33.9 Å². The van der Waals surface area contributed by atoms with Crippen molar-refractivity contribution in [3.05, 3.63) is 39.4 Å². The van der Waals surface area contributed by atoms with Crippen LogP contribution in [0.5, 0.6) is 0 Å². The fourth-order valence-electron chi connectivity index (χ4n) is 1.82. The predicted molar refractivity (Wildman–Crippen MR) is 85.1 cm³/mol. The van der Waals surface area contributed by atoms with E-state index in [1.807, 2.05) is 19.3 Å². The van der Waals surface area contributed by atoms with Crippen molar-refractivity contribution in [3.63, 3.8) is 0 Å². The number of aromatic nitrogens is 2. The van der Waals surface area contributed by atoms with Crippen LogP contribution in [0, 0.1) is 3.57 Å². The van der Waals surface area contributed by atoms with Crippen molar-refractivity contribution in [3.8, 4) is 11.4 Å². The van der Waals surface area contributed by atoms with Crippen LogP contribution < -0.4 is 5.32 Å². The van der Waals surface area contributed by atoms with Gasteiger partial charge in [0.25, 0.3) is 0 Å². The maximum atomic E-state index is 4.56. The Morgan fingerprint density at radius 3 is 2.94 bits per heavy atom. The van der Waals surface area contributed by atoms with Crippen LogP contribution in [0.3, 0.4) is 0 Å². The summed E-state index contributed by atoms with van der Waals surface area (Å²) in [6, 6.07) is 8.33. The molecule has 5 heteroatoms. The van der Waals surface area contributed by atoms with E-state index in [9.17, 15) is 0 Å². The van der Waals surface area contributed by atoms with E-state index in [0.717, 1.165) is 20.8 Å². The lowest BCUT2D eigenvalue weighted by Crippen LogP contribution is -1.98. The standard InChI is InChI=1S/C13H10IN3S/c1-15-13-10(14)6-16-12(17-13)9-7-18-11-5-3-2-4-8(9)11/h2-7H,1H3,(H,15,16,17). The lowest BCUT2D eigenvalue weighted by atomic mass is 10.1. The van der Waals surface area contributed by atoms with Gasteiger partial charge in [0.1, 0.15) is 5.82 Å². The molecular weight excluding hydrogens is 357 g/mol. The van der Waals surface area contributed by atoms with Gasteiger partial charge < -0.3 is 5.32 Å². The summed E-state index contributed by atoms with van der Waals surface area (Å²) in [5, 5.41) is 6.42. The fraction of sp³-hybridized carbons (Fsp3) is 0.0769. The van der Waals surface area contributed by atoms with Crippen LogP contribution in [0.2, 0.25) is 0 Å². The number of benzene rings is 1. The molecular formula is C13H10IN3S. The molecule has 3 aromatic rings. The van der Waals surface area contributed by atoms with Crippen molar-refractivity contribution < 1.29 is 0 Å². The van der Waals surface area contributed by atoms with E-state index in [1.54, 1.807) is 11.3 Å². The Kier molecular flexibility index (Phi) is 3.17. The third-order valence-electron chi connectivity index (χ3n) is 2.70. The van der Waals surface area contributed by atoms with Crippen LogP contribution in [-0.4, -0.2) is 17.0 Å². The predicted octanol–water partition coefficient (Wildman–Crippen LogP) is 4.00. The number of hydrogen-bond donors (Lipinski definition) is 1. The minimum atomic E-state index is 0.775. The molecule has 0 aliphatic heterocycles. The summed E-state index contributed by atoms with van der Waals surface area (Å²) in [7, 11) is 1.88. The summed E-state index contributed by atoms with van der Waals surface area (Å²) in [6.45, 7) is 0. The van der Waals surface area contributed by atoms with E-state index in [4.69, 9.17) is 0 Å². The number of hydrogen-bond acceptors (Lipinski definition) is 4. The van der Waals surface area contributed by atoms with Gasteiger partial charge in [-0.1, -0.05) is 18.2 Å². The minimum absolute atomic E-state index is 0.775. The number of nitrogens with zero attached hydrogens (tertiary/aromatic N) is 2. The van der Waals surface area contributed by atoms with Crippen molar-refractivity contribution in [2.45, 2.75) is 0 Å². The molecule has 3 rings (SSSR count). The van der Waals surface area contributed by atoms with E-state index in [-0.39, 0.29) is 0 Å². The lowest BCUT2D eigenvalue weighted by molar-refractivity contribution is 1.16. The van der Waals surface area contributed by atoms with Gasteiger partial charge in [-0.15, -0.1) is 11.3 Å². The van der Waals surface area contributed by atoms with E-state index < -0.39 is 0 Å². The lowest BCUT2D eigenvalue weighted by Gasteiger charge is -2.04. The molecule has 3 nitrogen and oxygen atoms in total. The Bertz CT molecular complexity index is 708. The largest absolute Gasteiger partial charge is 0.372 e. The molecule has 0 radical (unpaired) electrons. The Balaban J connectivity index is 2.20. The summed E-state index contributed by atoms with van der Waals surface area (Å²) in [6.07, 6.45) is 1.85. The fourth-order valence-corrected chi connectivity index (χ4v) is 3.29. The first-order valence-corrected chi connectivity index (χ1v) is 7.42. The van der Waals surface area contributed by atoms with Crippen molar-refractivity contribution in [2.75, 3.05) is 12.4 Å².